The molecule has 5 nitrogen and oxygen atoms in total. The van der Waals surface area contributed by atoms with Crippen LogP contribution in [0.4, 0.5) is 0 Å². The van der Waals surface area contributed by atoms with Gasteiger partial charge in [0.25, 0.3) is 0 Å². The van der Waals surface area contributed by atoms with Gasteiger partial charge >= 0.3 is 0 Å². The number of hydrogen-bond donors (Lipinski definition) is 2. The third kappa shape index (κ3) is 7.99. The highest BCUT2D eigenvalue weighted by atomic mass is 35.5. The van der Waals surface area contributed by atoms with E-state index in [1.807, 2.05) is 35.2 Å². The first-order valence-corrected chi connectivity index (χ1v) is 9.25. The van der Waals surface area contributed by atoms with Gasteiger partial charge in [0.15, 0.2) is 0 Å². The van der Waals surface area contributed by atoms with Crippen LogP contribution in [0.5, 0.6) is 0 Å². The first-order chi connectivity index (χ1) is 11.4. The van der Waals surface area contributed by atoms with Gasteiger partial charge in [-0.15, -0.1) is 24.8 Å². The smallest absolute Gasteiger partial charge is 0.237 e. The van der Waals surface area contributed by atoms with Crippen molar-refractivity contribution in [1.82, 2.24) is 14.9 Å². The van der Waals surface area contributed by atoms with Crippen molar-refractivity contribution in [2.24, 2.45) is 5.73 Å². The summed E-state index contributed by atoms with van der Waals surface area (Å²) in [6, 6.07) is 9.60. The summed E-state index contributed by atoms with van der Waals surface area (Å²) < 4.78 is 2.01. The molecule has 0 saturated heterocycles. The number of benzene rings is 1. The Balaban J connectivity index is 0.00000312. The molecule has 0 aliphatic carbocycles. The van der Waals surface area contributed by atoms with E-state index in [9.17, 15) is 4.79 Å². The fraction of sp³-hybridized carbons (Fsp3) is 0.444. The fourth-order valence-corrected chi connectivity index (χ4v) is 2.43. The molecular weight excluding hydrogens is 391 g/mol. The maximum Gasteiger partial charge on any atom is 0.237 e. The van der Waals surface area contributed by atoms with Crippen LogP contribution in [0.2, 0.25) is 0 Å². The first kappa shape index (κ1) is 24.8. The molecule has 0 unspecified atom stereocenters. The zero-order chi connectivity index (χ0) is 17.6. The second kappa shape index (κ2) is 11.5. The predicted molar refractivity (Wildman–Crippen MR) is 115 cm³/mol. The number of aromatic nitrogens is 2. The zero-order valence-corrected chi connectivity index (χ0v) is 17.8. The predicted octanol–water partition coefficient (Wildman–Crippen LogP) is 2.90. The minimum Gasteiger partial charge on any atom is -0.353 e. The molecule has 0 spiro atoms. The van der Waals surface area contributed by atoms with Crippen molar-refractivity contribution < 1.29 is 4.79 Å². The van der Waals surface area contributed by atoms with Crippen LogP contribution in [0.25, 0.3) is 0 Å². The molecule has 8 heteroatoms. The third-order valence-corrected chi connectivity index (χ3v) is 5.15. The number of carbonyl (C=O) groups is 1. The Kier molecular flexibility index (Phi) is 11.0. The van der Waals surface area contributed by atoms with E-state index in [2.05, 4.69) is 36.3 Å². The summed E-state index contributed by atoms with van der Waals surface area (Å²) in [5, 5.41) is 2.92. The third-order valence-electron chi connectivity index (χ3n) is 3.90. The summed E-state index contributed by atoms with van der Waals surface area (Å²) in [6.45, 7) is 5.55. The minimum atomic E-state index is -0.581. The van der Waals surface area contributed by atoms with E-state index in [0.717, 1.165) is 12.2 Å². The number of thioether (sulfide) groups is 1. The Morgan fingerprint density at radius 3 is 2.58 bits per heavy atom. The van der Waals surface area contributed by atoms with E-state index in [1.54, 1.807) is 18.1 Å². The van der Waals surface area contributed by atoms with E-state index in [1.165, 1.54) is 5.56 Å². The number of carbonyl (C=O) groups excluding carboxylic acids is 1. The van der Waals surface area contributed by atoms with Crippen molar-refractivity contribution in [2.45, 2.75) is 37.6 Å². The van der Waals surface area contributed by atoms with E-state index >= 15 is 0 Å². The van der Waals surface area contributed by atoms with E-state index in [4.69, 9.17) is 5.73 Å². The Bertz CT molecular complexity index is 664. The summed E-state index contributed by atoms with van der Waals surface area (Å²) in [5.74, 6) is -0.130. The molecule has 1 amide bonds. The minimum absolute atomic E-state index is 0. The highest BCUT2D eigenvalue weighted by Crippen LogP contribution is 2.19. The molecule has 0 fully saturated rings. The van der Waals surface area contributed by atoms with Crippen molar-refractivity contribution >= 4 is 42.5 Å². The van der Waals surface area contributed by atoms with Gasteiger partial charge in [-0.3, -0.25) is 4.79 Å². The number of amides is 1. The lowest BCUT2D eigenvalue weighted by Crippen LogP contribution is -2.46. The monoisotopic (exact) mass is 418 g/mol. The second-order valence-electron chi connectivity index (χ2n) is 6.52. The van der Waals surface area contributed by atoms with Crippen molar-refractivity contribution in [3.63, 3.8) is 0 Å². The highest BCUT2D eigenvalue weighted by Gasteiger charge is 2.20. The molecule has 1 heterocycles. The summed E-state index contributed by atoms with van der Waals surface area (Å²) in [5.41, 5.74) is 8.06. The number of nitrogens with two attached hydrogens (primary N) is 1. The number of nitrogens with one attached hydrogen (secondary N) is 1. The average Bonchev–Trinajstić information content (AvgIpc) is 3.00. The maximum absolute atomic E-state index is 12.1. The maximum atomic E-state index is 12.1. The summed E-state index contributed by atoms with van der Waals surface area (Å²) >= 11 is 1.72. The molecule has 0 aliphatic heterocycles. The molecule has 2 rings (SSSR count). The SMILES string of the molecule is CSC(C)(C)CNC(=O)[C@@H](N)Cc1cn(Cc2ccccc2)cn1.Cl.Cl. The van der Waals surface area contributed by atoms with E-state index in [0.29, 0.717) is 13.0 Å². The van der Waals surface area contributed by atoms with E-state index < -0.39 is 6.04 Å². The van der Waals surface area contributed by atoms with Gasteiger partial charge in [0, 0.05) is 30.5 Å². The van der Waals surface area contributed by atoms with Gasteiger partial charge < -0.3 is 15.6 Å². The van der Waals surface area contributed by atoms with Crippen LogP contribution in [0.3, 0.4) is 0 Å². The number of nitrogens with zero attached hydrogens (tertiary/aromatic N) is 2. The van der Waals surface area contributed by atoms with Crippen LogP contribution in [0.15, 0.2) is 42.9 Å². The highest BCUT2D eigenvalue weighted by molar-refractivity contribution is 7.99. The number of halogens is 2. The molecule has 146 valence electrons. The molecule has 1 aromatic heterocycles. The Morgan fingerprint density at radius 1 is 1.31 bits per heavy atom. The lowest BCUT2D eigenvalue weighted by Gasteiger charge is -2.23. The normalized spacial score (nSPS) is 11.8. The van der Waals surface area contributed by atoms with Gasteiger partial charge in [-0.25, -0.2) is 4.98 Å². The molecule has 0 aliphatic rings. The quantitative estimate of drug-likeness (QED) is 0.690. The molecule has 26 heavy (non-hydrogen) atoms. The van der Waals surface area contributed by atoms with Crippen LogP contribution in [0, 0.1) is 0 Å². The molecule has 0 saturated carbocycles. The van der Waals surface area contributed by atoms with Gasteiger partial charge in [0.1, 0.15) is 0 Å². The zero-order valence-electron chi connectivity index (χ0n) is 15.3. The molecule has 0 radical (unpaired) electrons. The fourth-order valence-electron chi connectivity index (χ4n) is 2.21. The topological polar surface area (TPSA) is 72.9 Å². The molecule has 0 bridgehead atoms. The number of rotatable bonds is 8. The standard InChI is InChI=1S/C18H26N4OS.2ClH/c1-18(2,24-3)12-20-17(23)16(19)9-15-11-22(13-21-15)10-14-7-5-4-6-8-14;;/h4-8,11,13,16H,9-10,12,19H2,1-3H3,(H,20,23);2*1H/t16-;;/m0../s1. The van der Waals surface area contributed by atoms with Gasteiger partial charge in [-0.2, -0.15) is 11.8 Å². The lowest BCUT2D eigenvalue weighted by atomic mass is 10.1. The van der Waals surface area contributed by atoms with Crippen LogP contribution in [-0.4, -0.2) is 39.0 Å². The van der Waals surface area contributed by atoms with Gasteiger partial charge in [0.05, 0.1) is 18.1 Å². The van der Waals surface area contributed by atoms with Gasteiger partial charge in [0.2, 0.25) is 5.91 Å². The van der Waals surface area contributed by atoms with Crippen LogP contribution in [-0.2, 0) is 17.8 Å². The average molecular weight is 419 g/mol. The second-order valence-corrected chi connectivity index (χ2v) is 8.03. The van der Waals surface area contributed by atoms with Crippen molar-refractivity contribution in [2.75, 3.05) is 12.8 Å². The van der Waals surface area contributed by atoms with Crippen molar-refractivity contribution in [3.8, 4) is 0 Å². The largest absolute Gasteiger partial charge is 0.353 e. The summed E-state index contributed by atoms with van der Waals surface area (Å²) in [4.78, 5) is 16.5. The lowest BCUT2D eigenvalue weighted by molar-refractivity contribution is -0.122. The van der Waals surface area contributed by atoms with Gasteiger partial charge in [-0.1, -0.05) is 30.3 Å². The first-order valence-electron chi connectivity index (χ1n) is 8.02. The Morgan fingerprint density at radius 2 is 1.96 bits per heavy atom. The molecule has 1 atom stereocenters. The number of imidazole rings is 1. The van der Waals surface area contributed by atoms with Crippen LogP contribution < -0.4 is 11.1 Å². The van der Waals surface area contributed by atoms with Crippen LogP contribution >= 0.6 is 36.6 Å². The molecule has 1 aromatic carbocycles. The summed E-state index contributed by atoms with van der Waals surface area (Å²) in [7, 11) is 0. The molecule has 2 aromatic rings. The van der Waals surface area contributed by atoms with Gasteiger partial charge in [-0.05, 0) is 25.7 Å². The van der Waals surface area contributed by atoms with E-state index in [-0.39, 0.29) is 35.5 Å². The number of hydrogen-bond acceptors (Lipinski definition) is 4. The molecular formula is C18H28Cl2N4OS. The Hall–Kier alpha value is -1.21. The molecule has 3 N–H and O–H groups in total. The summed E-state index contributed by atoms with van der Waals surface area (Å²) in [6.07, 6.45) is 6.20. The van der Waals surface area contributed by atoms with Crippen molar-refractivity contribution in [3.05, 3.63) is 54.1 Å². The van der Waals surface area contributed by atoms with Crippen LogP contribution in [0.1, 0.15) is 25.1 Å². The van der Waals surface area contributed by atoms with Crippen molar-refractivity contribution in [1.29, 1.82) is 0 Å². The Labute approximate surface area is 172 Å².